The molecule has 0 radical (unpaired) electrons. The van der Waals surface area contributed by atoms with E-state index in [1.54, 1.807) is 7.05 Å². The minimum absolute atomic E-state index is 0.200. The van der Waals surface area contributed by atoms with E-state index in [9.17, 15) is 8.42 Å². The van der Waals surface area contributed by atoms with E-state index in [0.717, 1.165) is 0 Å². The van der Waals surface area contributed by atoms with Crippen LogP contribution in [0.2, 0.25) is 0 Å². The van der Waals surface area contributed by atoms with Crippen molar-refractivity contribution in [1.82, 2.24) is 14.5 Å². The highest BCUT2D eigenvalue weighted by Gasteiger charge is 2.14. The molecule has 1 heterocycles. The van der Waals surface area contributed by atoms with Gasteiger partial charge in [0.1, 0.15) is 4.90 Å². The summed E-state index contributed by atoms with van der Waals surface area (Å²) in [5.41, 5.74) is 0. The summed E-state index contributed by atoms with van der Waals surface area (Å²) in [6.45, 7) is 2.30. The molecule has 1 rings (SSSR count). The first kappa shape index (κ1) is 11.9. The van der Waals surface area contributed by atoms with Crippen molar-refractivity contribution in [2.24, 2.45) is 7.05 Å². The molecule has 0 amide bonds. The maximum Gasteiger partial charge on any atom is 0.243 e. The largest absolute Gasteiger partial charge is 0.274 e. The van der Waals surface area contributed by atoms with E-state index in [-0.39, 0.29) is 4.90 Å². The quantitative estimate of drug-likeness (QED) is 0.596. The molecule has 0 unspecified atom stereocenters. The van der Waals surface area contributed by atoms with E-state index in [1.807, 2.05) is 19.1 Å². The summed E-state index contributed by atoms with van der Waals surface area (Å²) in [6.07, 6.45) is 7.29. The van der Waals surface area contributed by atoms with Crippen LogP contribution in [0.3, 0.4) is 0 Å². The molecule has 5 nitrogen and oxygen atoms in total. The molecule has 0 saturated heterocycles. The van der Waals surface area contributed by atoms with Crippen LogP contribution in [0.4, 0.5) is 0 Å². The van der Waals surface area contributed by atoms with Crippen LogP contribution in [-0.4, -0.2) is 24.7 Å². The molecule has 1 N–H and O–H groups in total. The van der Waals surface area contributed by atoms with Gasteiger partial charge in [-0.2, -0.15) is 5.10 Å². The van der Waals surface area contributed by atoms with E-state index in [1.165, 1.54) is 17.1 Å². The molecule has 0 aromatic carbocycles. The van der Waals surface area contributed by atoms with E-state index in [4.69, 9.17) is 0 Å². The Bertz CT molecular complexity index is 434. The maximum atomic E-state index is 11.6. The summed E-state index contributed by atoms with van der Waals surface area (Å²) in [5.74, 6) is 0. The van der Waals surface area contributed by atoms with Gasteiger partial charge in [-0.25, -0.2) is 13.1 Å². The molecule has 0 bridgehead atoms. The van der Waals surface area contributed by atoms with Crippen LogP contribution in [0.5, 0.6) is 0 Å². The molecular formula is C9H15N3O2S. The fraction of sp³-hybridized carbons (Fsp3) is 0.444. The van der Waals surface area contributed by atoms with Crippen LogP contribution in [0.1, 0.15) is 13.3 Å². The van der Waals surface area contributed by atoms with Gasteiger partial charge in [0.05, 0.1) is 6.20 Å². The van der Waals surface area contributed by atoms with Crippen molar-refractivity contribution in [3.05, 3.63) is 24.5 Å². The predicted molar refractivity (Wildman–Crippen MR) is 57.8 cm³/mol. The summed E-state index contributed by atoms with van der Waals surface area (Å²) in [5, 5.41) is 3.81. The molecule has 1 aromatic heterocycles. The summed E-state index contributed by atoms with van der Waals surface area (Å²) < 4.78 is 27.2. The highest BCUT2D eigenvalue weighted by atomic mass is 32.2. The lowest BCUT2D eigenvalue weighted by Gasteiger charge is -2.01. The minimum atomic E-state index is -3.39. The van der Waals surface area contributed by atoms with Gasteiger partial charge >= 0.3 is 0 Å². The van der Waals surface area contributed by atoms with Gasteiger partial charge in [-0.1, -0.05) is 12.2 Å². The third kappa shape index (κ3) is 3.49. The van der Waals surface area contributed by atoms with Gasteiger partial charge < -0.3 is 0 Å². The third-order valence-corrected chi connectivity index (χ3v) is 3.25. The summed E-state index contributed by atoms with van der Waals surface area (Å²) in [6, 6.07) is 0. The highest BCUT2D eigenvalue weighted by Crippen LogP contribution is 2.05. The van der Waals surface area contributed by atoms with Crippen molar-refractivity contribution >= 4 is 10.0 Å². The van der Waals surface area contributed by atoms with E-state index in [0.29, 0.717) is 13.0 Å². The molecule has 1 aromatic rings. The van der Waals surface area contributed by atoms with Crippen LogP contribution >= 0.6 is 0 Å². The van der Waals surface area contributed by atoms with E-state index >= 15 is 0 Å². The first-order chi connectivity index (χ1) is 7.06. The molecule has 0 aliphatic heterocycles. The second-order valence-corrected chi connectivity index (χ2v) is 4.87. The number of sulfonamides is 1. The molecular weight excluding hydrogens is 214 g/mol. The number of nitrogens with one attached hydrogen (secondary N) is 1. The summed E-state index contributed by atoms with van der Waals surface area (Å²) in [4.78, 5) is 0.200. The third-order valence-electron chi connectivity index (χ3n) is 1.83. The Kier molecular flexibility index (Phi) is 4.05. The second-order valence-electron chi connectivity index (χ2n) is 3.11. The summed E-state index contributed by atoms with van der Waals surface area (Å²) in [7, 11) is -1.71. The van der Waals surface area contributed by atoms with Crippen molar-refractivity contribution in [3.8, 4) is 0 Å². The molecule has 0 spiro atoms. The zero-order valence-electron chi connectivity index (χ0n) is 8.84. The highest BCUT2D eigenvalue weighted by molar-refractivity contribution is 7.89. The van der Waals surface area contributed by atoms with Crippen LogP contribution in [-0.2, 0) is 17.1 Å². The average molecular weight is 229 g/mol. The average Bonchev–Trinajstić information content (AvgIpc) is 2.60. The Hall–Kier alpha value is -1.14. The minimum Gasteiger partial charge on any atom is -0.274 e. The molecule has 0 aliphatic carbocycles. The number of rotatable bonds is 5. The van der Waals surface area contributed by atoms with E-state index < -0.39 is 10.0 Å². The first-order valence-corrected chi connectivity index (χ1v) is 6.14. The van der Waals surface area contributed by atoms with Gasteiger partial charge in [0.25, 0.3) is 0 Å². The van der Waals surface area contributed by atoms with Crippen molar-refractivity contribution < 1.29 is 8.42 Å². The monoisotopic (exact) mass is 229 g/mol. The second kappa shape index (κ2) is 5.09. The lowest BCUT2D eigenvalue weighted by molar-refractivity contribution is 0.582. The Balaban J connectivity index is 2.60. The molecule has 0 saturated carbocycles. The van der Waals surface area contributed by atoms with E-state index in [2.05, 4.69) is 9.82 Å². The number of aryl methyl sites for hydroxylation is 1. The van der Waals surface area contributed by atoms with Gasteiger partial charge in [0.15, 0.2) is 0 Å². The molecule has 0 aliphatic rings. The lowest BCUT2D eigenvalue weighted by atomic mass is 10.4. The molecule has 0 atom stereocenters. The van der Waals surface area contributed by atoms with Gasteiger partial charge in [0, 0.05) is 19.8 Å². The maximum absolute atomic E-state index is 11.6. The van der Waals surface area contributed by atoms with Crippen molar-refractivity contribution in [2.75, 3.05) is 6.54 Å². The predicted octanol–water partition coefficient (Wildman–Crippen LogP) is 0.665. The number of hydrogen-bond acceptors (Lipinski definition) is 3. The van der Waals surface area contributed by atoms with Crippen LogP contribution in [0.25, 0.3) is 0 Å². The van der Waals surface area contributed by atoms with Crippen LogP contribution < -0.4 is 4.72 Å². The fourth-order valence-electron chi connectivity index (χ4n) is 1.06. The Morgan fingerprint density at radius 3 is 2.87 bits per heavy atom. The smallest absolute Gasteiger partial charge is 0.243 e. The fourth-order valence-corrected chi connectivity index (χ4v) is 2.09. The van der Waals surface area contributed by atoms with Gasteiger partial charge in [-0.15, -0.1) is 0 Å². The SMILES string of the molecule is C/C=C/CCNS(=O)(=O)c1cnn(C)c1. The Morgan fingerprint density at radius 2 is 2.33 bits per heavy atom. The van der Waals surface area contributed by atoms with Gasteiger partial charge in [-0.05, 0) is 13.3 Å². The lowest BCUT2D eigenvalue weighted by Crippen LogP contribution is -2.24. The van der Waals surface area contributed by atoms with Gasteiger partial charge in [0.2, 0.25) is 10.0 Å². The molecule has 0 fully saturated rings. The summed E-state index contributed by atoms with van der Waals surface area (Å²) >= 11 is 0. The van der Waals surface area contributed by atoms with Crippen LogP contribution in [0.15, 0.2) is 29.4 Å². The first-order valence-electron chi connectivity index (χ1n) is 4.66. The van der Waals surface area contributed by atoms with Crippen LogP contribution in [0, 0.1) is 0 Å². The molecule has 84 valence electrons. The van der Waals surface area contributed by atoms with Crippen molar-refractivity contribution in [3.63, 3.8) is 0 Å². The topological polar surface area (TPSA) is 64.0 Å². The van der Waals surface area contributed by atoms with Crippen molar-refractivity contribution in [1.29, 1.82) is 0 Å². The zero-order chi connectivity index (χ0) is 11.3. The molecule has 15 heavy (non-hydrogen) atoms. The Labute approximate surface area is 89.8 Å². The zero-order valence-corrected chi connectivity index (χ0v) is 9.66. The number of allylic oxidation sites excluding steroid dienone is 1. The van der Waals surface area contributed by atoms with Gasteiger partial charge in [-0.3, -0.25) is 4.68 Å². The molecule has 6 heteroatoms. The van der Waals surface area contributed by atoms with Crippen molar-refractivity contribution in [2.45, 2.75) is 18.2 Å². The number of aromatic nitrogens is 2. The standard InChI is InChI=1S/C9H15N3O2S/c1-3-4-5-6-11-15(13,14)9-7-10-12(2)8-9/h3-4,7-8,11H,5-6H2,1-2H3/b4-3+. The number of nitrogens with zero attached hydrogens (tertiary/aromatic N) is 2. The normalized spacial score (nSPS) is 12.4. The number of hydrogen-bond donors (Lipinski definition) is 1. The Morgan fingerprint density at radius 1 is 1.60 bits per heavy atom.